The van der Waals surface area contributed by atoms with E-state index >= 15 is 0 Å². The van der Waals surface area contributed by atoms with Crippen molar-refractivity contribution >= 4 is 39.7 Å². The van der Waals surface area contributed by atoms with Gasteiger partial charge in [0.2, 0.25) is 17.6 Å². The second-order valence-corrected chi connectivity index (χ2v) is 19.6. The Morgan fingerprint density at radius 1 is 0.943 bits per heavy atom. The number of carbonyl (C=O) groups excluding carboxylic acids is 5. The summed E-state index contributed by atoms with van der Waals surface area (Å²) >= 11 is 0. The van der Waals surface area contributed by atoms with E-state index in [1.54, 1.807) is 9.21 Å². The first-order valence-electron chi connectivity index (χ1n) is 19.8. The van der Waals surface area contributed by atoms with Crippen LogP contribution in [0, 0.1) is 34.5 Å². The van der Waals surface area contributed by atoms with Gasteiger partial charge in [0.15, 0.2) is 0 Å². The summed E-state index contributed by atoms with van der Waals surface area (Å²) in [4.78, 5) is 70.0. The van der Waals surface area contributed by atoms with Crippen molar-refractivity contribution in [1.82, 2.24) is 34.8 Å². The zero-order valence-corrected chi connectivity index (χ0v) is 33.4. The molecule has 2 aliphatic heterocycles. The Kier molecular flexibility index (Phi) is 12.7. The lowest BCUT2D eigenvalue weighted by molar-refractivity contribution is -0.144. The fourth-order valence-corrected chi connectivity index (χ4v) is 10.4. The van der Waals surface area contributed by atoms with E-state index in [1.165, 1.54) is 10.4 Å². The maximum Gasteiger partial charge on any atom is 0.315 e. The standard InChI is InChI=1S/C38H63N7O7S/c1-8-13-27(32(46)34(48)39-18-9-2)40-33(47)31-29-26(38(29,6)7)22-45(31)35(49)30(25-14-11-10-12-15-25)42-36(50)41-28(37(3,4)5)23-44-20-19-43(53(44,51)52)21-24-16-17-24/h9,24-31H,2,8,10-23H2,1,3-7H3,(H,39,48)(H,40,47)(H2,41,42,50)/t26-,27?,28+,29?,30-,31-/m0/s1. The average Bonchev–Trinajstić information content (AvgIpc) is 3.92. The van der Waals surface area contributed by atoms with Crippen LogP contribution in [0.4, 0.5) is 4.79 Å². The average molecular weight is 762 g/mol. The molecule has 4 N–H and O–H groups in total. The summed E-state index contributed by atoms with van der Waals surface area (Å²) < 4.78 is 29.8. The van der Waals surface area contributed by atoms with E-state index in [0.29, 0.717) is 38.5 Å². The van der Waals surface area contributed by atoms with Crippen LogP contribution in [0.15, 0.2) is 12.7 Å². The second-order valence-electron chi connectivity index (χ2n) is 17.7. The molecular formula is C38H63N7O7S. The highest BCUT2D eigenvalue weighted by Gasteiger charge is 2.69. The van der Waals surface area contributed by atoms with Gasteiger partial charge in [-0.15, -0.1) is 6.58 Å². The predicted molar refractivity (Wildman–Crippen MR) is 201 cm³/mol. The molecule has 2 heterocycles. The van der Waals surface area contributed by atoms with E-state index in [1.807, 2.05) is 27.7 Å². The van der Waals surface area contributed by atoms with E-state index < -0.39 is 63.4 Å². The Morgan fingerprint density at radius 3 is 2.21 bits per heavy atom. The van der Waals surface area contributed by atoms with Crippen LogP contribution in [0.5, 0.6) is 0 Å². The van der Waals surface area contributed by atoms with Crippen molar-refractivity contribution in [3.63, 3.8) is 0 Å². The number of fused-ring (bicyclic) bond motifs is 1. The third kappa shape index (κ3) is 9.26. The Hall–Kier alpha value is -3.04. The van der Waals surface area contributed by atoms with Crippen LogP contribution in [0.1, 0.15) is 99.3 Å². The van der Waals surface area contributed by atoms with Gasteiger partial charge in [-0.2, -0.15) is 17.0 Å². The zero-order valence-electron chi connectivity index (χ0n) is 32.6. The summed E-state index contributed by atoms with van der Waals surface area (Å²) in [6, 6.07) is -3.89. The van der Waals surface area contributed by atoms with Crippen molar-refractivity contribution in [2.75, 3.05) is 39.3 Å². The van der Waals surface area contributed by atoms with Gasteiger partial charge in [-0.25, -0.2) is 4.79 Å². The normalized spacial score (nSPS) is 27.2. The molecule has 0 aromatic rings. The molecule has 2 unspecified atom stereocenters. The minimum absolute atomic E-state index is 0.0754. The molecular weight excluding hydrogens is 699 g/mol. The van der Waals surface area contributed by atoms with Crippen molar-refractivity contribution in [2.45, 2.75) is 123 Å². The first-order valence-corrected chi connectivity index (χ1v) is 21.2. The number of nitrogens with one attached hydrogen (secondary N) is 4. The van der Waals surface area contributed by atoms with Crippen molar-refractivity contribution in [3.8, 4) is 0 Å². The Balaban J connectivity index is 1.32. The van der Waals surface area contributed by atoms with E-state index in [9.17, 15) is 32.4 Å². The molecule has 0 bridgehead atoms. The number of hydrogen-bond donors (Lipinski definition) is 4. The highest BCUT2D eigenvalue weighted by Crippen LogP contribution is 2.65. The van der Waals surface area contributed by atoms with Gasteiger partial charge in [0.25, 0.3) is 16.1 Å². The lowest BCUT2D eigenvalue weighted by atomic mass is 9.83. The Bertz CT molecular complexity index is 1520. The van der Waals surface area contributed by atoms with Crippen LogP contribution in [-0.4, -0.2) is 115 Å². The Labute approximate surface area is 316 Å². The van der Waals surface area contributed by atoms with Gasteiger partial charge in [0.1, 0.15) is 12.1 Å². The molecule has 14 nitrogen and oxygen atoms in total. The highest BCUT2D eigenvalue weighted by molar-refractivity contribution is 7.87. The Morgan fingerprint density at radius 2 is 1.60 bits per heavy atom. The molecule has 53 heavy (non-hydrogen) atoms. The van der Waals surface area contributed by atoms with Crippen LogP contribution in [-0.2, 0) is 29.4 Å². The number of ketones is 1. The van der Waals surface area contributed by atoms with Crippen molar-refractivity contribution in [1.29, 1.82) is 0 Å². The zero-order chi connectivity index (χ0) is 38.9. The van der Waals surface area contributed by atoms with Crippen molar-refractivity contribution in [3.05, 3.63) is 12.7 Å². The van der Waals surface area contributed by atoms with E-state index in [0.717, 1.165) is 44.9 Å². The number of piperidine rings is 1. The van der Waals surface area contributed by atoms with Crippen LogP contribution >= 0.6 is 0 Å². The van der Waals surface area contributed by atoms with Gasteiger partial charge in [0, 0.05) is 45.3 Å². The SMILES string of the molecule is C=CCNC(=O)C(=O)C(CCC)NC(=O)[C@@H]1C2[C@H](CN1C(=O)[C@@H](NC(=O)N[C@H](CN1CCN(CC3CC3)S1(=O)=O)C(C)(C)C)C1CCCCC1)C2(C)C. The first kappa shape index (κ1) is 41.1. The molecule has 2 saturated heterocycles. The van der Waals surface area contributed by atoms with Crippen LogP contribution in [0.2, 0.25) is 0 Å². The molecule has 0 radical (unpaired) electrons. The molecule has 298 valence electrons. The number of urea groups is 1. The predicted octanol–water partition coefficient (Wildman–Crippen LogP) is 2.56. The van der Waals surface area contributed by atoms with Crippen LogP contribution < -0.4 is 21.3 Å². The smallest absolute Gasteiger partial charge is 0.315 e. The molecule has 0 aromatic heterocycles. The quantitative estimate of drug-likeness (QED) is 0.138. The molecule has 15 heteroatoms. The van der Waals surface area contributed by atoms with Crippen molar-refractivity contribution in [2.24, 2.45) is 34.5 Å². The summed E-state index contributed by atoms with van der Waals surface area (Å²) in [5.41, 5.74) is -0.694. The van der Waals surface area contributed by atoms with Gasteiger partial charge >= 0.3 is 6.03 Å². The number of nitrogens with zero attached hydrogens (tertiary/aromatic N) is 3. The number of Topliss-reactive ketones (excluding diaryl/α,β-unsaturated/α-hetero) is 1. The molecule has 5 rings (SSSR count). The largest absolute Gasteiger partial charge is 0.346 e. The van der Waals surface area contributed by atoms with Gasteiger partial charge < -0.3 is 26.2 Å². The molecule has 5 aliphatic rings. The summed E-state index contributed by atoms with van der Waals surface area (Å²) in [7, 11) is -3.64. The summed E-state index contributed by atoms with van der Waals surface area (Å²) in [5, 5.41) is 11.4. The lowest BCUT2D eigenvalue weighted by Gasteiger charge is -2.38. The molecule has 3 aliphatic carbocycles. The fourth-order valence-electron chi connectivity index (χ4n) is 8.72. The molecule has 5 amide bonds. The number of rotatable bonds is 16. The van der Waals surface area contributed by atoms with E-state index in [4.69, 9.17) is 0 Å². The van der Waals surface area contributed by atoms with Crippen LogP contribution in [0.25, 0.3) is 0 Å². The second kappa shape index (κ2) is 16.4. The molecule has 3 saturated carbocycles. The summed E-state index contributed by atoms with van der Waals surface area (Å²) in [6.45, 7) is 17.3. The third-order valence-corrected chi connectivity index (χ3v) is 14.4. The molecule has 0 aromatic carbocycles. The molecule has 5 fully saturated rings. The number of likely N-dealkylation sites (tertiary alicyclic amines) is 1. The van der Waals surface area contributed by atoms with E-state index in [2.05, 4.69) is 41.7 Å². The summed E-state index contributed by atoms with van der Waals surface area (Å²) in [6.07, 6.45) is 8.77. The topological polar surface area (TPSA) is 177 Å². The van der Waals surface area contributed by atoms with Crippen molar-refractivity contribution < 1.29 is 32.4 Å². The van der Waals surface area contributed by atoms with Crippen LogP contribution in [0.3, 0.4) is 0 Å². The fraction of sp³-hybridized carbons (Fsp3) is 0.816. The minimum atomic E-state index is -3.64. The van der Waals surface area contributed by atoms with Gasteiger partial charge in [-0.1, -0.05) is 73.3 Å². The third-order valence-electron chi connectivity index (χ3n) is 12.4. The highest BCUT2D eigenvalue weighted by atomic mass is 32.2. The number of hydrogen-bond acceptors (Lipinski definition) is 7. The summed E-state index contributed by atoms with van der Waals surface area (Å²) in [5.74, 6) is -2.11. The van der Waals surface area contributed by atoms with Gasteiger partial charge in [-0.05, 0) is 66.6 Å². The first-order chi connectivity index (χ1) is 24.9. The monoisotopic (exact) mass is 761 g/mol. The number of carbonyl (C=O) groups is 5. The lowest BCUT2D eigenvalue weighted by Crippen LogP contribution is -2.61. The molecule has 6 atom stereocenters. The molecule has 0 spiro atoms. The van der Waals surface area contributed by atoms with Gasteiger partial charge in [0.05, 0.1) is 6.04 Å². The maximum absolute atomic E-state index is 14.7. The minimum Gasteiger partial charge on any atom is -0.346 e. The number of amides is 5. The van der Waals surface area contributed by atoms with Gasteiger partial charge in [-0.3, -0.25) is 19.2 Å². The maximum atomic E-state index is 14.7. The van der Waals surface area contributed by atoms with E-state index in [-0.39, 0.29) is 48.6 Å².